The Balaban J connectivity index is 1.90. The summed E-state index contributed by atoms with van der Waals surface area (Å²) in [5.74, 6) is 0.566. The Bertz CT molecular complexity index is 517. The Morgan fingerprint density at radius 3 is 2.18 bits per heavy atom. The Kier molecular flexibility index (Phi) is 5.55. The van der Waals surface area contributed by atoms with Gasteiger partial charge in [0.25, 0.3) is 5.91 Å². The van der Waals surface area contributed by atoms with Crippen LogP contribution in [0.15, 0.2) is 24.3 Å². The largest absolute Gasteiger partial charge is 0.358 e. The van der Waals surface area contributed by atoms with Crippen LogP contribution in [0.25, 0.3) is 0 Å². The van der Waals surface area contributed by atoms with E-state index < -0.39 is 0 Å². The average Bonchev–Trinajstić information content (AvgIpc) is 2.55. The van der Waals surface area contributed by atoms with Crippen molar-refractivity contribution in [3.8, 4) is 0 Å². The van der Waals surface area contributed by atoms with Crippen molar-refractivity contribution in [2.45, 2.75) is 19.8 Å². The predicted molar refractivity (Wildman–Crippen MR) is 86.9 cm³/mol. The molecule has 0 saturated carbocycles. The average molecular weight is 303 g/mol. The SMILES string of the molecule is CNC(=O)CN1CCN(C(=O)c2ccc(C(C)C)cc2)CC1. The number of nitrogens with zero attached hydrogens (tertiary/aromatic N) is 2. The van der Waals surface area contributed by atoms with Crippen molar-refractivity contribution in [3.05, 3.63) is 35.4 Å². The predicted octanol–water partition coefficient (Wildman–Crippen LogP) is 1.31. The molecule has 1 aliphatic heterocycles. The Morgan fingerprint density at radius 2 is 1.68 bits per heavy atom. The zero-order valence-corrected chi connectivity index (χ0v) is 13.6. The zero-order chi connectivity index (χ0) is 16.1. The second-order valence-electron chi connectivity index (χ2n) is 6.02. The third-order valence-corrected chi connectivity index (χ3v) is 4.13. The second kappa shape index (κ2) is 7.40. The van der Waals surface area contributed by atoms with Gasteiger partial charge in [0, 0.05) is 38.8 Å². The summed E-state index contributed by atoms with van der Waals surface area (Å²) < 4.78 is 0. The molecule has 1 saturated heterocycles. The molecule has 120 valence electrons. The van der Waals surface area contributed by atoms with Gasteiger partial charge in [-0.15, -0.1) is 0 Å². The molecule has 1 aliphatic rings. The van der Waals surface area contributed by atoms with Crippen LogP contribution in [-0.4, -0.2) is 61.4 Å². The number of piperazine rings is 1. The lowest BCUT2D eigenvalue weighted by atomic mass is 10.0. The monoisotopic (exact) mass is 303 g/mol. The zero-order valence-electron chi connectivity index (χ0n) is 13.6. The molecule has 0 spiro atoms. The van der Waals surface area contributed by atoms with Gasteiger partial charge >= 0.3 is 0 Å². The number of benzene rings is 1. The van der Waals surface area contributed by atoms with Crippen LogP contribution < -0.4 is 5.32 Å². The van der Waals surface area contributed by atoms with Crippen molar-refractivity contribution in [2.75, 3.05) is 39.8 Å². The van der Waals surface area contributed by atoms with Crippen molar-refractivity contribution in [3.63, 3.8) is 0 Å². The maximum Gasteiger partial charge on any atom is 0.253 e. The Hall–Kier alpha value is -1.88. The molecule has 2 amide bonds. The van der Waals surface area contributed by atoms with E-state index in [1.54, 1.807) is 7.05 Å². The number of rotatable bonds is 4. The molecule has 5 nitrogen and oxygen atoms in total. The summed E-state index contributed by atoms with van der Waals surface area (Å²) in [6, 6.07) is 7.88. The number of carbonyl (C=O) groups excluding carboxylic acids is 2. The van der Waals surface area contributed by atoms with E-state index in [-0.39, 0.29) is 11.8 Å². The normalized spacial score (nSPS) is 15.9. The van der Waals surface area contributed by atoms with E-state index >= 15 is 0 Å². The molecule has 0 radical (unpaired) electrons. The molecule has 0 unspecified atom stereocenters. The molecule has 22 heavy (non-hydrogen) atoms. The first kappa shape index (κ1) is 16.5. The van der Waals surface area contributed by atoms with E-state index in [4.69, 9.17) is 0 Å². The number of likely N-dealkylation sites (N-methyl/N-ethyl adjacent to an activating group) is 1. The maximum absolute atomic E-state index is 12.5. The molecule has 0 bridgehead atoms. The van der Waals surface area contributed by atoms with Gasteiger partial charge in [0.1, 0.15) is 0 Å². The summed E-state index contributed by atoms with van der Waals surface area (Å²) in [6.45, 7) is 7.50. The van der Waals surface area contributed by atoms with Crippen LogP contribution in [-0.2, 0) is 4.79 Å². The lowest BCUT2D eigenvalue weighted by molar-refractivity contribution is -0.122. The quantitative estimate of drug-likeness (QED) is 0.912. The lowest BCUT2D eigenvalue weighted by Gasteiger charge is -2.34. The molecule has 1 heterocycles. The highest BCUT2D eigenvalue weighted by molar-refractivity contribution is 5.94. The summed E-state index contributed by atoms with van der Waals surface area (Å²) in [5.41, 5.74) is 1.98. The summed E-state index contributed by atoms with van der Waals surface area (Å²) in [4.78, 5) is 27.8. The van der Waals surface area contributed by atoms with Crippen molar-refractivity contribution >= 4 is 11.8 Å². The summed E-state index contributed by atoms with van der Waals surface area (Å²) in [5, 5.41) is 2.63. The van der Waals surface area contributed by atoms with E-state index in [0.29, 0.717) is 25.6 Å². The standard InChI is InChI=1S/C17H25N3O2/c1-13(2)14-4-6-15(7-5-14)17(22)20-10-8-19(9-11-20)12-16(21)18-3/h4-7,13H,8-12H2,1-3H3,(H,18,21). The number of nitrogens with one attached hydrogen (secondary N) is 1. The van der Waals surface area contributed by atoms with E-state index in [1.165, 1.54) is 5.56 Å². The first-order valence-electron chi connectivity index (χ1n) is 7.83. The fourth-order valence-electron chi connectivity index (χ4n) is 2.58. The van der Waals surface area contributed by atoms with Crippen LogP contribution in [0.5, 0.6) is 0 Å². The fraction of sp³-hybridized carbons (Fsp3) is 0.529. The molecular weight excluding hydrogens is 278 g/mol. The molecule has 1 N–H and O–H groups in total. The highest BCUT2D eigenvalue weighted by Gasteiger charge is 2.23. The van der Waals surface area contributed by atoms with Gasteiger partial charge < -0.3 is 10.2 Å². The first-order valence-corrected chi connectivity index (χ1v) is 7.83. The van der Waals surface area contributed by atoms with Crippen LogP contribution in [0.3, 0.4) is 0 Å². The van der Waals surface area contributed by atoms with Crippen LogP contribution >= 0.6 is 0 Å². The molecule has 0 aliphatic carbocycles. The summed E-state index contributed by atoms with van der Waals surface area (Å²) in [6.07, 6.45) is 0. The number of amides is 2. The lowest BCUT2D eigenvalue weighted by Crippen LogP contribution is -2.50. The summed E-state index contributed by atoms with van der Waals surface area (Å²) in [7, 11) is 1.64. The van der Waals surface area contributed by atoms with E-state index in [0.717, 1.165) is 18.7 Å². The van der Waals surface area contributed by atoms with Gasteiger partial charge in [-0.2, -0.15) is 0 Å². The van der Waals surface area contributed by atoms with E-state index in [2.05, 4.69) is 24.1 Å². The smallest absolute Gasteiger partial charge is 0.253 e. The van der Waals surface area contributed by atoms with Gasteiger partial charge in [-0.25, -0.2) is 0 Å². The minimum absolute atomic E-state index is 0.0176. The highest BCUT2D eigenvalue weighted by Crippen LogP contribution is 2.16. The third kappa shape index (κ3) is 4.07. The minimum Gasteiger partial charge on any atom is -0.358 e. The van der Waals surface area contributed by atoms with Gasteiger partial charge in [-0.1, -0.05) is 26.0 Å². The van der Waals surface area contributed by atoms with E-state index in [1.807, 2.05) is 29.2 Å². The van der Waals surface area contributed by atoms with Crippen molar-refractivity contribution in [2.24, 2.45) is 0 Å². The van der Waals surface area contributed by atoms with Gasteiger partial charge in [0.2, 0.25) is 5.91 Å². The Labute approximate surface area is 132 Å². The number of hydrogen-bond donors (Lipinski definition) is 1. The molecule has 1 aromatic rings. The van der Waals surface area contributed by atoms with Crippen LogP contribution in [0, 0.1) is 0 Å². The van der Waals surface area contributed by atoms with Gasteiger partial charge in [-0.05, 0) is 23.6 Å². The van der Waals surface area contributed by atoms with Gasteiger partial charge in [-0.3, -0.25) is 14.5 Å². The molecule has 5 heteroatoms. The fourth-order valence-corrected chi connectivity index (χ4v) is 2.58. The third-order valence-electron chi connectivity index (χ3n) is 4.13. The molecule has 0 atom stereocenters. The van der Waals surface area contributed by atoms with Crippen molar-refractivity contribution < 1.29 is 9.59 Å². The maximum atomic E-state index is 12.5. The van der Waals surface area contributed by atoms with Gasteiger partial charge in [0.05, 0.1) is 6.54 Å². The van der Waals surface area contributed by atoms with Crippen molar-refractivity contribution in [1.82, 2.24) is 15.1 Å². The van der Waals surface area contributed by atoms with Crippen molar-refractivity contribution in [1.29, 1.82) is 0 Å². The molecule has 1 aromatic carbocycles. The molecule has 1 fully saturated rings. The second-order valence-corrected chi connectivity index (χ2v) is 6.02. The van der Waals surface area contributed by atoms with Crippen LogP contribution in [0.1, 0.15) is 35.7 Å². The number of carbonyl (C=O) groups is 2. The summed E-state index contributed by atoms with van der Waals surface area (Å²) >= 11 is 0. The van der Waals surface area contributed by atoms with Crippen LogP contribution in [0.4, 0.5) is 0 Å². The molecule has 2 rings (SSSR count). The molecular formula is C17H25N3O2. The molecule has 0 aromatic heterocycles. The Morgan fingerprint density at radius 1 is 1.09 bits per heavy atom. The first-order chi connectivity index (χ1) is 10.5. The van der Waals surface area contributed by atoms with Gasteiger partial charge in [0.15, 0.2) is 0 Å². The van der Waals surface area contributed by atoms with E-state index in [9.17, 15) is 9.59 Å². The number of hydrogen-bond acceptors (Lipinski definition) is 3. The minimum atomic E-state index is 0.0176. The highest BCUT2D eigenvalue weighted by atomic mass is 16.2. The van der Waals surface area contributed by atoms with Crippen LogP contribution in [0.2, 0.25) is 0 Å². The topological polar surface area (TPSA) is 52.7 Å².